The van der Waals surface area contributed by atoms with E-state index in [1.165, 1.54) is 17.3 Å². The minimum atomic E-state index is -1.08. The highest BCUT2D eigenvalue weighted by Gasteiger charge is 2.27. The van der Waals surface area contributed by atoms with Crippen molar-refractivity contribution >= 4 is 51.3 Å². The third-order valence-electron chi connectivity index (χ3n) is 4.36. The Hall–Kier alpha value is -2.65. The molecule has 0 bridgehead atoms. The minimum Gasteiger partial charge on any atom is -0.490 e. The number of aryl methyl sites for hydroxylation is 1. The van der Waals surface area contributed by atoms with Crippen LogP contribution in [0.4, 0.5) is 5.69 Å². The Morgan fingerprint density at radius 2 is 2.00 bits per heavy atom. The van der Waals surface area contributed by atoms with E-state index in [1.54, 1.807) is 18.2 Å². The summed E-state index contributed by atoms with van der Waals surface area (Å²) in [5.41, 5.74) is 2.63. The Morgan fingerprint density at radius 1 is 1.26 bits per heavy atom. The molecule has 1 heterocycles. The van der Waals surface area contributed by atoms with Crippen LogP contribution in [0.15, 0.2) is 45.8 Å². The number of carboxylic acids is 1. The van der Waals surface area contributed by atoms with Crippen LogP contribution in [0.1, 0.15) is 25.0 Å². The molecule has 0 aliphatic carbocycles. The average molecular weight is 507 g/mol. The number of ether oxygens (including phenoxy) is 2. The molecule has 9 heteroatoms. The van der Waals surface area contributed by atoms with Crippen molar-refractivity contribution in [3.8, 4) is 11.5 Å². The van der Waals surface area contributed by atoms with E-state index < -0.39 is 12.6 Å². The van der Waals surface area contributed by atoms with Crippen LogP contribution in [0, 0.1) is 0 Å². The second-order valence-corrected chi connectivity index (χ2v) is 8.62. The summed E-state index contributed by atoms with van der Waals surface area (Å²) in [4.78, 5) is 23.8. The molecule has 3 N–H and O–H groups in total. The lowest BCUT2D eigenvalue weighted by Gasteiger charge is -2.14. The maximum Gasteiger partial charge on any atom is 0.341 e. The van der Waals surface area contributed by atoms with Gasteiger partial charge in [-0.15, -0.1) is 0 Å². The topological polar surface area (TPSA) is 96.9 Å². The Balaban J connectivity index is 1.76. The van der Waals surface area contributed by atoms with Gasteiger partial charge in [-0.3, -0.25) is 4.79 Å². The van der Waals surface area contributed by atoms with E-state index in [0.717, 1.165) is 17.7 Å². The van der Waals surface area contributed by atoms with Crippen molar-refractivity contribution in [1.29, 1.82) is 0 Å². The first-order valence-electron chi connectivity index (χ1n) is 9.75. The number of carbonyl (C=O) groups excluding carboxylic acids is 1. The number of anilines is 1. The fraction of sp³-hybridized carbons (Fsp3) is 0.273. The standard InChI is InChI=1S/C22H23BrN2O5S/c1-3-13-5-7-15(8-6-13)24-22-25-21(28)18(31-22)11-14-9-16(23)20(30-12-19(26)27)17(10-14)29-4-2/h5-11,22,24H,3-4,12H2,1-2H3,(H,25,28)(H,26,27)/b18-11-/t22-/m0/s1. The summed E-state index contributed by atoms with van der Waals surface area (Å²) in [7, 11) is 0. The highest BCUT2D eigenvalue weighted by Crippen LogP contribution is 2.39. The van der Waals surface area contributed by atoms with Crippen molar-refractivity contribution in [1.82, 2.24) is 5.32 Å². The molecule has 31 heavy (non-hydrogen) atoms. The largest absolute Gasteiger partial charge is 0.490 e. The smallest absolute Gasteiger partial charge is 0.341 e. The molecule has 0 unspecified atom stereocenters. The summed E-state index contributed by atoms with van der Waals surface area (Å²) in [6.45, 7) is 3.83. The van der Waals surface area contributed by atoms with Crippen LogP contribution in [0.3, 0.4) is 0 Å². The van der Waals surface area contributed by atoms with Crippen LogP contribution in [0.2, 0.25) is 0 Å². The third-order valence-corrected chi connectivity index (χ3v) is 5.98. The van der Waals surface area contributed by atoms with Gasteiger partial charge in [0.1, 0.15) is 0 Å². The summed E-state index contributed by atoms with van der Waals surface area (Å²) in [6, 6.07) is 11.6. The number of carbonyl (C=O) groups is 2. The Kier molecular flexibility index (Phi) is 7.86. The molecular weight excluding hydrogens is 484 g/mol. The predicted octanol–water partition coefficient (Wildman–Crippen LogP) is 4.47. The molecule has 1 amide bonds. The molecule has 1 aliphatic heterocycles. The van der Waals surface area contributed by atoms with Crippen molar-refractivity contribution in [2.45, 2.75) is 25.8 Å². The maximum atomic E-state index is 12.4. The molecule has 164 valence electrons. The quantitative estimate of drug-likeness (QED) is 0.431. The van der Waals surface area contributed by atoms with Gasteiger partial charge in [0.05, 0.1) is 16.0 Å². The van der Waals surface area contributed by atoms with Gasteiger partial charge in [0.15, 0.2) is 23.6 Å². The van der Waals surface area contributed by atoms with E-state index in [-0.39, 0.29) is 11.4 Å². The molecule has 3 rings (SSSR count). The van der Waals surface area contributed by atoms with Crippen LogP contribution < -0.4 is 20.1 Å². The lowest BCUT2D eigenvalue weighted by atomic mass is 10.1. The van der Waals surface area contributed by atoms with Crippen molar-refractivity contribution in [2.24, 2.45) is 0 Å². The number of nitrogens with one attached hydrogen (secondary N) is 2. The van der Waals surface area contributed by atoms with Crippen molar-refractivity contribution in [3.05, 3.63) is 56.9 Å². The predicted molar refractivity (Wildman–Crippen MR) is 125 cm³/mol. The van der Waals surface area contributed by atoms with Crippen LogP contribution in [-0.4, -0.2) is 35.7 Å². The molecule has 1 saturated heterocycles. The zero-order valence-corrected chi connectivity index (χ0v) is 19.5. The first-order valence-corrected chi connectivity index (χ1v) is 11.4. The molecule has 1 fully saturated rings. The molecule has 1 aliphatic rings. The molecule has 1 atom stereocenters. The van der Waals surface area contributed by atoms with E-state index in [0.29, 0.717) is 27.5 Å². The number of rotatable bonds is 9. The molecule has 7 nitrogen and oxygen atoms in total. The number of carboxylic acid groups (broad SMARTS) is 1. The Bertz CT molecular complexity index is 994. The monoisotopic (exact) mass is 506 g/mol. The minimum absolute atomic E-state index is 0.173. The number of benzene rings is 2. The highest BCUT2D eigenvalue weighted by atomic mass is 79.9. The number of aliphatic carboxylic acids is 1. The number of hydrogen-bond acceptors (Lipinski definition) is 6. The zero-order chi connectivity index (χ0) is 22.4. The first kappa shape index (κ1) is 23.0. The fourth-order valence-electron chi connectivity index (χ4n) is 2.91. The summed E-state index contributed by atoms with van der Waals surface area (Å²) in [6.07, 6.45) is 2.73. The molecule has 0 radical (unpaired) electrons. The van der Waals surface area contributed by atoms with Gasteiger partial charge in [-0.25, -0.2) is 4.79 Å². The molecular formula is C22H23BrN2O5S. The van der Waals surface area contributed by atoms with Crippen LogP contribution >= 0.6 is 27.7 Å². The Morgan fingerprint density at radius 3 is 2.65 bits per heavy atom. The first-order chi connectivity index (χ1) is 14.9. The van der Waals surface area contributed by atoms with Crippen molar-refractivity contribution in [3.63, 3.8) is 0 Å². The fourth-order valence-corrected chi connectivity index (χ4v) is 4.47. The molecule has 0 saturated carbocycles. The number of amides is 1. The van der Waals surface area contributed by atoms with Gasteiger partial charge < -0.3 is 25.2 Å². The van der Waals surface area contributed by atoms with Gasteiger partial charge in [-0.2, -0.15) is 0 Å². The zero-order valence-electron chi connectivity index (χ0n) is 17.1. The molecule has 0 aromatic heterocycles. The average Bonchev–Trinajstić information content (AvgIpc) is 3.06. The van der Waals surface area contributed by atoms with E-state index in [1.807, 2.05) is 19.1 Å². The van der Waals surface area contributed by atoms with Gasteiger partial charge in [-0.05, 0) is 70.7 Å². The summed E-state index contributed by atoms with van der Waals surface area (Å²) in [5, 5.41) is 15.1. The van der Waals surface area contributed by atoms with Crippen LogP contribution in [-0.2, 0) is 16.0 Å². The molecule has 0 spiro atoms. The number of thioether (sulfide) groups is 1. The summed E-state index contributed by atoms with van der Waals surface area (Å²) >= 11 is 4.79. The van der Waals surface area contributed by atoms with Crippen LogP contribution in [0.25, 0.3) is 6.08 Å². The van der Waals surface area contributed by atoms with E-state index in [2.05, 4.69) is 45.6 Å². The maximum absolute atomic E-state index is 12.4. The Labute approximate surface area is 193 Å². The SMILES string of the molecule is CCOc1cc(/C=C2\S[C@@H](Nc3ccc(CC)cc3)NC2=O)cc(Br)c1OCC(=O)O. The van der Waals surface area contributed by atoms with E-state index in [9.17, 15) is 9.59 Å². The molecule has 2 aromatic carbocycles. The summed E-state index contributed by atoms with van der Waals surface area (Å²) < 4.78 is 11.5. The van der Waals surface area contributed by atoms with Crippen LogP contribution in [0.5, 0.6) is 11.5 Å². The van der Waals surface area contributed by atoms with Gasteiger partial charge in [0, 0.05) is 5.69 Å². The normalized spacial score (nSPS) is 16.8. The number of hydrogen-bond donors (Lipinski definition) is 3. The van der Waals surface area contributed by atoms with Crippen molar-refractivity contribution < 1.29 is 24.2 Å². The second-order valence-electron chi connectivity index (χ2n) is 6.62. The second kappa shape index (κ2) is 10.6. The van der Waals surface area contributed by atoms with Crippen molar-refractivity contribution in [2.75, 3.05) is 18.5 Å². The van der Waals surface area contributed by atoms with Gasteiger partial charge in [-0.1, -0.05) is 30.8 Å². The summed E-state index contributed by atoms with van der Waals surface area (Å²) in [5.74, 6) is -0.542. The number of halogens is 1. The third kappa shape index (κ3) is 6.18. The van der Waals surface area contributed by atoms with Gasteiger partial charge in [0.2, 0.25) is 0 Å². The highest BCUT2D eigenvalue weighted by molar-refractivity contribution is 9.10. The van der Waals surface area contributed by atoms with Gasteiger partial charge in [0.25, 0.3) is 5.91 Å². The lowest BCUT2D eigenvalue weighted by molar-refractivity contribution is -0.139. The van der Waals surface area contributed by atoms with E-state index in [4.69, 9.17) is 14.6 Å². The van der Waals surface area contributed by atoms with Gasteiger partial charge >= 0.3 is 5.97 Å². The van der Waals surface area contributed by atoms with E-state index >= 15 is 0 Å². The lowest BCUT2D eigenvalue weighted by Crippen LogP contribution is -2.30. The molecule has 2 aromatic rings.